The quantitative estimate of drug-likeness (QED) is 0.804. The van der Waals surface area contributed by atoms with E-state index in [-0.39, 0.29) is 0 Å². The summed E-state index contributed by atoms with van der Waals surface area (Å²) in [6.07, 6.45) is 2.20. The molecule has 2 unspecified atom stereocenters. The van der Waals surface area contributed by atoms with E-state index in [4.69, 9.17) is 0 Å². The van der Waals surface area contributed by atoms with Gasteiger partial charge in [-0.2, -0.15) is 0 Å². The van der Waals surface area contributed by atoms with Gasteiger partial charge >= 0.3 is 0 Å². The Morgan fingerprint density at radius 1 is 1.33 bits per heavy atom. The largest absolute Gasteiger partial charge is 0.316 e. The summed E-state index contributed by atoms with van der Waals surface area (Å²) in [4.78, 5) is 0.925. The van der Waals surface area contributed by atoms with Crippen LogP contribution < -0.4 is 5.32 Å². The second-order valence-corrected chi connectivity index (χ2v) is 5.10. The normalized spacial score (nSPS) is 14.8. The maximum absolute atomic E-state index is 12.0. The lowest BCUT2D eigenvalue weighted by Gasteiger charge is -2.14. The van der Waals surface area contributed by atoms with Gasteiger partial charge in [0.05, 0.1) is 10.8 Å². The second-order valence-electron chi connectivity index (χ2n) is 3.60. The van der Waals surface area contributed by atoms with Gasteiger partial charge in [-0.25, -0.2) is 0 Å². The van der Waals surface area contributed by atoms with E-state index in [0.29, 0.717) is 11.8 Å². The molecule has 0 saturated heterocycles. The standard InChI is InChI=1S/C12H19NOS/c1-3-7-11(13-2)10-15(14)12-8-5-4-6-9-12/h4-6,8-9,11,13H,3,7,10H2,1-2H3. The summed E-state index contributed by atoms with van der Waals surface area (Å²) in [5.41, 5.74) is 0. The molecule has 0 aliphatic rings. The van der Waals surface area contributed by atoms with Crippen LogP contribution in [0.4, 0.5) is 0 Å². The summed E-state index contributed by atoms with van der Waals surface area (Å²) in [6.45, 7) is 2.15. The van der Waals surface area contributed by atoms with Crippen LogP contribution in [-0.4, -0.2) is 23.1 Å². The summed E-state index contributed by atoms with van der Waals surface area (Å²) < 4.78 is 12.0. The lowest BCUT2D eigenvalue weighted by atomic mass is 10.2. The van der Waals surface area contributed by atoms with Crippen LogP contribution in [-0.2, 0) is 10.8 Å². The molecule has 0 fully saturated rings. The van der Waals surface area contributed by atoms with Crippen LogP contribution in [0.25, 0.3) is 0 Å². The summed E-state index contributed by atoms with van der Waals surface area (Å²) in [5, 5.41) is 3.21. The topological polar surface area (TPSA) is 29.1 Å². The fourth-order valence-corrected chi connectivity index (χ4v) is 2.86. The average molecular weight is 225 g/mol. The van der Waals surface area contributed by atoms with Crippen LogP contribution in [0.1, 0.15) is 19.8 Å². The van der Waals surface area contributed by atoms with Gasteiger partial charge in [-0.15, -0.1) is 0 Å². The van der Waals surface area contributed by atoms with Crippen molar-refractivity contribution >= 4 is 10.8 Å². The van der Waals surface area contributed by atoms with E-state index in [1.165, 1.54) is 0 Å². The van der Waals surface area contributed by atoms with Crippen LogP contribution in [0.5, 0.6) is 0 Å². The minimum atomic E-state index is -0.877. The Bertz CT molecular complexity index is 300. The molecular formula is C12H19NOS. The predicted molar refractivity (Wildman–Crippen MR) is 65.5 cm³/mol. The van der Waals surface area contributed by atoms with Gasteiger partial charge in [0.1, 0.15) is 0 Å². The second kappa shape index (κ2) is 6.75. The summed E-state index contributed by atoms with van der Waals surface area (Å²) in [7, 11) is 1.06. The number of rotatable bonds is 6. The number of nitrogens with one attached hydrogen (secondary N) is 1. The summed E-state index contributed by atoms with van der Waals surface area (Å²) in [5.74, 6) is 0.703. The first-order valence-electron chi connectivity index (χ1n) is 5.38. The first kappa shape index (κ1) is 12.4. The van der Waals surface area contributed by atoms with Gasteiger partial charge < -0.3 is 5.32 Å². The van der Waals surface area contributed by atoms with Gasteiger partial charge in [-0.1, -0.05) is 31.5 Å². The van der Waals surface area contributed by atoms with Crippen molar-refractivity contribution in [3.63, 3.8) is 0 Å². The maximum Gasteiger partial charge on any atom is 0.0545 e. The zero-order valence-corrected chi connectivity index (χ0v) is 10.2. The van der Waals surface area contributed by atoms with Crippen LogP contribution in [0.2, 0.25) is 0 Å². The fraction of sp³-hybridized carbons (Fsp3) is 0.500. The SMILES string of the molecule is CCCC(CS(=O)c1ccccc1)NC. The van der Waals surface area contributed by atoms with Crippen molar-refractivity contribution in [1.82, 2.24) is 5.32 Å². The Labute approximate surface area is 94.5 Å². The Hall–Kier alpha value is -0.670. The van der Waals surface area contributed by atoms with Gasteiger partial charge in [0.2, 0.25) is 0 Å². The zero-order chi connectivity index (χ0) is 11.1. The molecule has 1 aromatic rings. The molecule has 0 saturated carbocycles. The van der Waals surface area contributed by atoms with E-state index in [2.05, 4.69) is 12.2 Å². The molecule has 0 heterocycles. The molecule has 0 bridgehead atoms. The molecule has 2 nitrogen and oxygen atoms in total. The molecule has 15 heavy (non-hydrogen) atoms. The van der Waals surface area contributed by atoms with E-state index >= 15 is 0 Å². The molecule has 0 radical (unpaired) electrons. The maximum atomic E-state index is 12.0. The molecule has 1 aromatic carbocycles. The highest BCUT2D eigenvalue weighted by Crippen LogP contribution is 2.08. The predicted octanol–water partition coefficient (Wildman–Crippen LogP) is 2.18. The highest BCUT2D eigenvalue weighted by atomic mass is 32.2. The van der Waals surface area contributed by atoms with E-state index in [0.717, 1.165) is 17.7 Å². The minimum absolute atomic E-state index is 0.357. The van der Waals surface area contributed by atoms with Crippen LogP contribution in [0.3, 0.4) is 0 Å². The highest BCUT2D eigenvalue weighted by Gasteiger charge is 2.10. The highest BCUT2D eigenvalue weighted by molar-refractivity contribution is 7.85. The number of hydrogen-bond acceptors (Lipinski definition) is 2. The number of hydrogen-bond donors (Lipinski definition) is 1. The molecule has 1 rings (SSSR count). The molecule has 84 valence electrons. The third kappa shape index (κ3) is 4.14. The molecule has 0 aliphatic carbocycles. The van der Waals surface area contributed by atoms with E-state index in [9.17, 15) is 4.21 Å². The molecular weight excluding hydrogens is 206 g/mol. The Balaban J connectivity index is 2.55. The van der Waals surface area contributed by atoms with Crippen molar-refractivity contribution < 1.29 is 4.21 Å². The molecule has 2 atom stereocenters. The monoisotopic (exact) mass is 225 g/mol. The van der Waals surface area contributed by atoms with Crippen LogP contribution in [0, 0.1) is 0 Å². The average Bonchev–Trinajstić information content (AvgIpc) is 2.29. The van der Waals surface area contributed by atoms with E-state index in [1.54, 1.807) is 0 Å². The van der Waals surface area contributed by atoms with Gasteiger partial charge in [0.25, 0.3) is 0 Å². The molecule has 0 spiro atoms. The van der Waals surface area contributed by atoms with Crippen LogP contribution in [0.15, 0.2) is 35.2 Å². The summed E-state index contributed by atoms with van der Waals surface area (Å²) >= 11 is 0. The first-order valence-corrected chi connectivity index (χ1v) is 6.70. The lowest BCUT2D eigenvalue weighted by Crippen LogP contribution is -2.30. The van der Waals surface area contributed by atoms with Gasteiger partial charge in [-0.3, -0.25) is 4.21 Å². The van der Waals surface area contributed by atoms with Gasteiger partial charge in [0.15, 0.2) is 0 Å². The third-order valence-corrected chi connectivity index (χ3v) is 3.91. The van der Waals surface area contributed by atoms with E-state index in [1.807, 2.05) is 37.4 Å². The Morgan fingerprint density at radius 2 is 2.00 bits per heavy atom. The van der Waals surface area contributed by atoms with Gasteiger partial charge in [-0.05, 0) is 25.6 Å². The Kier molecular flexibility index (Phi) is 5.58. The molecule has 1 N–H and O–H groups in total. The molecule has 0 amide bonds. The van der Waals surface area contributed by atoms with Crippen molar-refractivity contribution in [3.05, 3.63) is 30.3 Å². The zero-order valence-electron chi connectivity index (χ0n) is 9.40. The van der Waals surface area contributed by atoms with Crippen LogP contribution >= 0.6 is 0 Å². The van der Waals surface area contributed by atoms with Crippen molar-refractivity contribution in [1.29, 1.82) is 0 Å². The van der Waals surface area contributed by atoms with Crippen molar-refractivity contribution in [2.45, 2.75) is 30.7 Å². The van der Waals surface area contributed by atoms with Crippen molar-refractivity contribution in [3.8, 4) is 0 Å². The number of benzene rings is 1. The van der Waals surface area contributed by atoms with Gasteiger partial charge in [0, 0.05) is 16.7 Å². The fourth-order valence-electron chi connectivity index (χ4n) is 1.51. The Morgan fingerprint density at radius 3 is 2.53 bits per heavy atom. The first-order chi connectivity index (χ1) is 7.27. The van der Waals surface area contributed by atoms with Crippen molar-refractivity contribution in [2.24, 2.45) is 0 Å². The van der Waals surface area contributed by atoms with Crippen molar-refractivity contribution in [2.75, 3.05) is 12.8 Å². The smallest absolute Gasteiger partial charge is 0.0545 e. The molecule has 0 aromatic heterocycles. The minimum Gasteiger partial charge on any atom is -0.316 e. The lowest BCUT2D eigenvalue weighted by molar-refractivity contribution is 0.557. The van der Waals surface area contributed by atoms with E-state index < -0.39 is 10.8 Å². The molecule has 3 heteroatoms. The summed E-state index contributed by atoms with van der Waals surface area (Å²) in [6, 6.07) is 10.0. The third-order valence-electron chi connectivity index (χ3n) is 2.40. The molecule has 0 aliphatic heterocycles.